The Kier molecular flexibility index (Phi) is 3.99. The molecule has 26 heavy (non-hydrogen) atoms. The van der Waals surface area contributed by atoms with Gasteiger partial charge in [-0.3, -0.25) is 15.0 Å². The second-order valence-corrected chi connectivity index (χ2v) is 5.99. The molecular weight excluding hydrogens is 328 g/mol. The van der Waals surface area contributed by atoms with Gasteiger partial charge >= 0.3 is 0 Å². The monoisotopic (exact) mass is 344 g/mol. The van der Waals surface area contributed by atoms with Crippen LogP contribution >= 0.6 is 0 Å². The first-order chi connectivity index (χ1) is 12.7. The molecule has 0 fully saturated rings. The summed E-state index contributed by atoms with van der Waals surface area (Å²) in [5, 5.41) is 9.04. The fourth-order valence-corrected chi connectivity index (χ4v) is 3.09. The summed E-state index contributed by atoms with van der Waals surface area (Å²) in [6.45, 7) is 1.98. The quantitative estimate of drug-likeness (QED) is 0.411. The Hall–Kier alpha value is -3.44. The second kappa shape index (κ2) is 6.46. The highest BCUT2D eigenvalue weighted by Gasteiger charge is 2.19. The van der Waals surface area contributed by atoms with Crippen molar-refractivity contribution in [1.29, 1.82) is 0 Å². The number of hydrogen-bond donors (Lipinski definition) is 2. The minimum atomic E-state index is -0.566. The van der Waals surface area contributed by atoms with Gasteiger partial charge in [-0.2, -0.15) is 0 Å². The molecule has 1 heterocycles. The molecule has 0 saturated carbocycles. The van der Waals surface area contributed by atoms with Gasteiger partial charge in [-0.25, -0.2) is 5.48 Å². The van der Waals surface area contributed by atoms with E-state index >= 15 is 0 Å². The van der Waals surface area contributed by atoms with Crippen LogP contribution in [0.2, 0.25) is 0 Å². The number of rotatable bonds is 2. The predicted octanol–water partition coefficient (Wildman–Crippen LogP) is 4.64. The summed E-state index contributed by atoms with van der Waals surface area (Å²) in [6.07, 6.45) is 1.75. The molecule has 0 aliphatic carbocycles. The first kappa shape index (κ1) is 16.1. The van der Waals surface area contributed by atoms with E-state index in [1.165, 1.54) is 0 Å². The molecule has 0 radical (unpaired) electrons. The van der Waals surface area contributed by atoms with Gasteiger partial charge in [0.15, 0.2) is 5.75 Å². The zero-order valence-corrected chi connectivity index (χ0v) is 14.1. The molecule has 128 valence electrons. The predicted molar refractivity (Wildman–Crippen MR) is 99.6 cm³/mol. The third-order valence-electron chi connectivity index (χ3n) is 4.37. The number of aryl methyl sites for hydroxylation is 1. The summed E-state index contributed by atoms with van der Waals surface area (Å²) in [6, 6.07) is 18.6. The first-order valence-electron chi connectivity index (χ1n) is 8.17. The van der Waals surface area contributed by atoms with E-state index < -0.39 is 5.91 Å². The van der Waals surface area contributed by atoms with Crippen molar-refractivity contribution in [1.82, 2.24) is 5.48 Å². The van der Waals surface area contributed by atoms with E-state index in [0.717, 1.165) is 28.1 Å². The zero-order chi connectivity index (χ0) is 18.1. The third-order valence-corrected chi connectivity index (χ3v) is 4.37. The largest absolute Gasteiger partial charge is 0.454 e. The fraction of sp³-hybridized carbons (Fsp3) is 0.0476. The van der Waals surface area contributed by atoms with Crippen LogP contribution in [0.3, 0.4) is 0 Å². The molecule has 0 aromatic heterocycles. The van der Waals surface area contributed by atoms with Crippen molar-refractivity contribution < 1.29 is 14.7 Å². The molecule has 0 atom stereocenters. The summed E-state index contributed by atoms with van der Waals surface area (Å²) >= 11 is 0. The lowest BCUT2D eigenvalue weighted by Gasteiger charge is -2.14. The van der Waals surface area contributed by atoms with Crippen LogP contribution in [-0.4, -0.2) is 17.3 Å². The van der Waals surface area contributed by atoms with Crippen molar-refractivity contribution >= 4 is 17.8 Å². The number of hydroxylamine groups is 1. The number of nitrogens with zero attached hydrogens (tertiary/aromatic N) is 1. The summed E-state index contributed by atoms with van der Waals surface area (Å²) < 4.78 is 6.15. The van der Waals surface area contributed by atoms with Crippen molar-refractivity contribution in [2.75, 3.05) is 0 Å². The highest BCUT2D eigenvalue weighted by molar-refractivity contribution is 6.04. The van der Waals surface area contributed by atoms with E-state index in [4.69, 9.17) is 9.94 Å². The molecule has 3 aromatic carbocycles. The van der Waals surface area contributed by atoms with E-state index in [1.54, 1.807) is 23.8 Å². The van der Waals surface area contributed by atoms with Gasteiger partial charge < -0.3 is 4.74 Å². The standard InChI is InChI=1S/C21H16N2O3/c1-13-6-4-10-18-20(13)26-19-11-5-9-15(17(19)12-22-18)14-7-2-3-8-16(14)21(24)23-25/h2-12,25H,1H3,(H,23,24). The van der Waals surface area contributed by atoms with Gasteiger partial charge in [0.2, 0.25) is 0 Å². The lowest BCUT2D eigenvalue weighted by molar-refractivity contribution is 0.0707. The van der Waals surface area contributed by atoms with Crippen molar-refractivity contribution in [2.45, 2.75) is 6.92 Å². The Morgan fingerprint density at radius 1 is 1.00 bits per heavy atom. The van der Waals surface area contributed by atoms with Gasteiger partial charge in [0.05, 0.1) is 0 Å². The highest BCUT2D eigenvalue weighted by atomic mass is 16.5. The number of benzene rings is 3. The molecule has 0 spiro atoms. The number of carbonyl (C=O) groups excluding carboxylic acids is 1. The zero-order valence-electron chi connectivity index (χ0n) is 14.1. The third kappa shape index (κ3) is 2.64. The van der Waals surface area contributed by atoms with Crippen LogP contribution in [0.4, 0.5) is 5.69 Å². The molecule has 4 rings (SSSR count). The smallest absolute Gasteiger partial charge is 0.275 e. The Morgan fingerprint density at radius 2 is 1.77 bits per heavy atom. The molecule has 0 saturated heterocycles. The van der Waals surface area contributed by atoms with E-state index in [1.807, 2.05) is 55.5 Å². The van der Waals surface area contributed by atoms with Gasteiger partial charge in [0.25, 0.3) is 5.91 Å². The number of fused-ring (bicyclic) bond motifs is 2. The summed E-state index contributed by atoms with van der Waals surface area (Å²) in [4.78, 5) is 16.6. The average molecular weight is 344 g/mol. The molecule has 3 aromatic rings. The van der Waals surface area contributed by atoms with E-state index in [2.05, 4.69) is 4.99 Å². The second-order valence-electron chi connectivity index (χ2n) is 5.99. The van der Waals surface area contributed by atoms with Crippen LogP contribution in [0.25, 0.3) is 11.1 Å². The minimum Gasteiger partial charge on any atom is -0.454 e. The van der Waals surface area contributed by atoms with Crippen LogP contribution in [0.1, 0.15) is 21.5 Å². The van der Waals surface area contributed by atoms with Gasteiger partial charge in [-0.05, 0) is 41.8 Å². The molecule has 1 aliphatic rings. The van der Waals surface area contributed by atoms with Crippen molar-refractivity contribution in [3.63, 3.8) is 0 Å². The molecule has 1 aliphatic heterocycles. The van der Waals surface area contributed by atoms with Crippen LogP contribution in [0.15, 0.2) is 65.7 Å². The molecule has 5 nitrogen and oxygen atoms in total. The Morgan fingerprint density at radius 3 is 2.62 bits per heavy atom. The number of nitrogens with one attached hydrogen (secondary N) is 1. The maximum atomic E-state index is 12.0. The Balaban J connectivity index is 1.91. The van der Waals surface area contributed by atoms with Gasteiger partial charge in [0.1, 0.15) is 11.4 Å². The maximum absolute atomic E-state index is 12.0. The van der Waals surface area contributed by atoms with E-state index in [-0.39, 0.29) is 0 Å². The molecule has 0 bridgehead atoms. The Labute approximate surface area is 150 Å². The van der Waals surface area contributed by atoms with Gasteiger partial charge in [-0.1, -0.05) is 42.5 Å². The number of carbonyl (C=O) groups is 1. The molecule has 5 heteroatoms. The van der Waals surface area contributed by atoms with Crippen LogP contribution in [-0.2, 0) is 0 Å². The molecule has 1 amide bonds. The summed E-state index contributed by atoms with van der Waals surface area (Å²) in [7, 11) is 0. The topological polar surface area (TPSA) is 70.9 Å². The Bertz CT molecular complexity index is 1040. The SMILES string of the molecule is Cc1cccc2c1Oc1cccc(-c3ccccc3C(=O)NO)c1C=N2. The summed E-state index contributed by atoms with van der Waals surface area (Å²) in [5.74, 6) is 0.823. The van der Waals surface area contributed by atoms with Crippen LogP contribution < -0.4 is 10.2 Å². The van der Waals surface area contributed by atoms with Gasteiger partial charge in [0, 0.05) is 17.3 Å². The molecule has 2 N–H and O–H groups in total. The van der Waals surface area contributed by atoms with E-state index in [9.17, 15) is 4.79 Å². The fourth-order valence-electron chi connectivity index (χ4n) is 3.09. The normalized spacial score (nSPS) is 11.8. The first-order valence-corrected chi connectivity index (χ1v) is 8.17. The average Bonchev–Trinajstić information content (AvgIpc) is 2.88. The number of hydrogen-bond acceptors (Lipinski definition) is 4. The van der Waals surface area contributed by atoms with Crippen molar-refractivity contribution in [3.8, 4) is 22.6 Å². The lowest BCUT2D eigenvalue weighted by atomic mass is 9.95. The van der Waals surface area contributed by atoms with E-state index in [0.29, 0.717) is 16.9 Å². The molecule has 0 unspecified atom stereocenters. The highest BCUT2D eigenvalue weighted by Crippen LogP contribution is 2.41. The number of para-hydroxylation sites is 1. The maximum Gasteiger partial charge on any atom is 0.275 e. The summed E-state index contributed by atoms with van der Waals surface area (Å²) in [5.41, 5.74) is 6.10. The van der Waals surface area contributed by atoms with Crippen molar-refractivity contribution in [3.05, 3.63) is 77.4 Å². The van der Waals surface area contributed by atoms with Gasteiger partial charge in [-0.15, -0.1) is 0 Å². The lowest BCUT2D eigenvalue weighted by Crippen LogP contribution is -2.19. The molecular formula is C21H16N2O3. The number of ether oxygens (including phenoxy) is 1. The van der Waals surface area contributed by atoms with Crippen LogP contribution in [0, 0.1) is 6.92 Å². The van der Waals surface area contributed by atoms with Crippen LogP contribution in [0.5, 0.6) is 11.5 Å². The van der Waals surface area contributed by atoms with Crippen molar-refractivity contribution in [2.24, 2.45) is 4.99 Å². The minimum absolute atomic E-state index is 0.370. The number of aliphatic imine (C=N–C) groups is 1. The number of amides is 1.